The van der Waals surface area contributed by atoms with Gasteiger partial charge in [0.1, 0.15) is 5.69 Å². The highest BCUT2D eigenvalue weighted by molar-refractivity contribution is 6.31. The van der Waals surface area contributed by atoms with E-state index in [4.69, 9.17) is 32.7 Å². The van der Waals surface area contributed by atoms with E-state index < -0.39 is 5.97 Å². The minimum atomic E-state index is -1.02. The molecule has 1 aliphatic heterocycles. The van der Waals surface area contributed by atoms with Gasteiger partial charge in [0.15, 0.2) is 5.82 Å². The van der Waals surface area contributed by atoms with Crippen LogP contribution in [0.25, 0.3) is 22.3 Å². The summed E-state index contributed by atoms with van der Waals surface area (Å²) in [4.78, 5) is 23.4. The lowest BCUT2D eigenvalue weighted by atomic mass is 10.00. The van der Waals surface area contributed by atoms with Gasteiger partial charge in [0, 0.05) is 40.3 Å². The topological polar surface area (TPSA) is 116 Å². The van der Waals surface area contributed by atoms with E-state index in [1.54, 1.807) is 12.1 Å². The lowest BCUT2D eigenvalue weighted by molar-refractivity contribution is 0.0697. The van der Waals surface area contributed by atoms with Gasteiger partial charge in [0.25, 0.3) is 0 Å². The Labute approximate surface area is 195 Å². The number of hydrogen-bond donors (Lipinski definition) is 3. The van der Waals surface area contributed by atoms with Crippen molar-refractivity contribution in [2.45, 2.75) is 12.8 Å². The van der Waals surface area contributed by atoms with E-state index in [-0.39, 0.29) is 5.56 Å². The number of aromatic carboxylic acids is 1. The van der Waals surface area contributed by atoms with E-state index in [1.807, 2.05) is 30.3 Å². The first-order valence-electron chi connectivity index (χ1n) is 10.5. The number of aromatic nitrogens is 2. The number of carboxylic acid groups (broad SMARTS) is 1. The Kier molecular flexibility index (Phi) is 5.18. The third-order valence-corrected chi connectivity index (χ3v) is 6.21. The van der Waals surface area contributed by atoms with Crippen LogP contribution in [0.2, 0.25) is 5.02 Å². The van der Waals surface area contributed by atoms with Crippen LogP contribution in [-0.4, -0.2) is 33.8 Å². The number of hydrogen-bond acceptors (Lipinski definition) is 6. The minimum absolute atomic E-state index is 0.149. The van der Waals surface area contributed by atoms with E-state index in [0.717, 1.165) is 29.7 Å². The summed E-state index contributed by atoms with van der Waals surface area (Å²) < 4.78 is 0. The van der Waals surface area contributed by atoms with Crippen molar-refractivity contribution < 1.29 is 9.90 Å². The molecule has 7 nitrogen and oxygen atoms in total. The van der Waals surface area contributed by atoms with Crippen molar-refractivity contribution in [1.29, 1.82) is 5.41 Å². The van der Waals surface area contributed by atoms with Crippen molar-refractivity contribution in [2.24, 2.45) is 0 Å². The maximum Gasteiger partial charge on any atom is 0.335 e. The predicted molar refractivity (Wildman–Crippen MR) is 131 cm³/mol. The lowest BCUT2D eigenvalue weighted by Crippen LogP contribution is -2.26. The second-order valence-electron chi connectivity index (χ2n) is 7.89. The third-order valence-electron chi connectivity index (χ3n) is 5.86. The van der Waals surface area contributed by atoms with Crippen LogP contribution in [0, 0.1) is 5.41 Å². The molecule has 0 radical (unpaired) electrons. The van der Waals surface area contributed by atoms with Crippen LogP contribution in [0.4, 0.5) is 17.2 Å². The van der Waals surface area contributed by atoms with E-state index in [2.05, 4.69) is 4.90 Å². The molecule has 1 aromatic heterocycles. The standard InChI is InChI=1S/C25H20ClN5O2/c26-18-4-1-5-22-17(18)3-2-10-31(22)24-23(14-6-8-19(28)16(11-14)13-27)29-20-9-7-15(25(32)33)12-21(20)30-24/h1,4-9,11-13,27H,2-3,10,28H2,(H,32,33). The second kappa shape index (κ2) is 8.18. The molecule has 0 unspecified atom stereocenters. The van der Waals surface area contributed by atoms with Crippen LogP contribution >= 0.6 is 11.6 Å². The number of halogens is 1. The van der Waals surface area contributed by atoms with Crippen LogP contribution in [0.5, 0.6) is 0 Å². The summed E-state index contributed by atoms with van der Waals surface area (Å²) in [6, 6.07) is 15.9. The molecule has 3 aromatic carbocycles. The molecule has 0 saturated carbocycles. The number of nitrogens with one attached hydrogen (secondary N) is 1. The number of rotatable bonds is 4. The first-order chi connectivity index (χ1) is 16.0. The summed E-state index contributed by atoms with van der Waals surface area (Å²) in [6.07, 6.45) is 2.96. The first-order valence-corrected chi connectivity index (χ1v) is 10.8. The Bertz CT molecular complexity index is 1440. The van der Waals surface area contributed by atoms with Gasteiger partial charge in [-0.15, -0.1) is 0 Å². The Hall–Kier alpha value is -3.97. The molecule has 0 spiro atoms. The van der Waals surface area contributed by atoms with Crippen molar-refractivity contribution in [2.75, 3.05) is 17.2 Å². The van der Waals surface area contributed by atoms with Gasteiger partial charge in [-0.3, -0.25) is 0 Å². The largest absolute Gasteiger partial charge is 0.478 e. The van der Waals surface area contributed by atoms with Gasteiger partial charge in [-0.05, 0) is 60.9 Å². The number of nitrogen functional groups attached to an aromatic ring is 1. The summed E-state index contributed by atoms with van der Waals surface area (Å²) in [5, 5.41) is 17.8. The van der Waals surface area contributed by atoms with Gasteiger partial charge in [-0.1, -0.05) is 23.7 Å². The van der Waals surface area contributed by atoms with Crippen LogP contribution in [-0.2, 0) is 6.42 Å². The average molecular weight is 458 g/mol. The molecule has 0 aliphatic carbocycles. The number of nitrogens with zero attached hydrogens (tertiary/aromatic N) is 3. The molecule has 33 heavy (non-hydrogen) atoms. The van der Waals surface area contributed by atoms with Crippen LogP contribution in [0.15, 0.2) is 54.6 Å². The number of benzene rings is 3. The summed E-state index contributed by atoms with van der Waals surface area (Å²) in [5.74, 6) is -0.414. The van der Waals surface area contributed by atoms with E-state index in [1.165, 1.54) is 18.3 Å². The van der Waals surface area contributed by atoms with Crippen molar-refractivity contribution in [3.8, 4) is 11.3 Å². The Morgan fingerprint density at radius 2 is 1.97 bits per heavy atom. The summed E-state index contributed by atoms with van der Waals surface area (Å²) >= 11 is 6.49. The van der Waals surface area contributed by atoms with Gasteiger partial charge >= 0.3 is 5.97 Å². The molecule has 0 bridgehead atoms. The Morgan fingerprint density at radius 3 is 2.76 bits per heavy atom. The molecule has 4 N–H and O–H groups in total. The molecule has 1 aliphatic rings. The molecule has 0 amide bonds. The second-order valence-corrected chi connectivity index (χ2v) is 8.29. The first kappa shape index (κ1) is 20.9. The molecular weight excluding hydrogens is 438 g/mol. The number of nitrogens with two attached hydrogens (primary N) is 1. The van der Waals surface area contributed by atoms with E-state index in [9.17, 15) is 9.90 Å². The highest BCUT2D eigenvalue weighted by Gasteiger charge is 2.25. The number of fused-ring (bicyclic) bond motifs is 2. The Morgan fingerprint density at radius 1 is 1.12 bits per heavy atom. The molecule has 164 valence electrons. The van der Waals surface area contributed by atoms with Crippen LogP contribution in [0.3, 0.4) is 0 Å². The maximum atomic E-state index is 11.5. The number of carboxylic acids is 1. The summed E-state index contributed by atoms with van der Waals surface area (Å²) in [5.41, 5.74) is 11.7. The quantitative estimate of drug-likeness (QED) is 0.282. The van der Waals surface area contributed by atoms with Gasteiger partial charge in [0.2, 0.25) is 0 Å². The fraction of sp³-hybridized carbons (Fsp3) is 0.120. The summed E-state index contributed by atoms with van der Waals surface area (Å²) in [6.45, 7) is 0.714. The molecule has 5 rings (SSSR count). The van der Waals surface area contributed by atoms with E-state index >= 15 is 0 Å². The van der Waals surface area contributed by atoms with Gasteiger partial charge in [-0.25, -0.2) is 14.8 Å². The summed E-state index contributed by atoms with van der Waals surface area (Å²) in [7, 11) is 0. The van der Waals surface area contributed by atoms with Crippen molar-refractivity contribution >= 4 is 52.0 Å². The van der Waals surface area contributed by atoms with Crippen LogP contribution in [0.1, 0.15) is 27.9 Å². The third kappa shape index (κ3) is 3.66. The van der Waals surface area contributed by atoms with Crippen molar-refractivity contribution in [3.63, 3.8) is 0 Å². The monoisotopic (exact) mass is 457 g/mol. The van der Waals surface area contributed by atoms with Gasteiger partial charge < -0.3 is 21.1 Å². The molecule has 0 atom stereocenters. The maximum absolute atomic E-state index is 11.5. The predicted octanol–water partition coefficient (Wildman–Crippen LogP) is 5.31. The molecular formula is C25H20ClN5O2. The molecule has 0 fully saturated rings. The van der Waals surface area contributed by atoms with Gasteiger partial charge in [-0.2, -0.15) is 0 Å². The normalized spacial score (nSPS) is 13.1. The Balaban J connectivity index is 1.79. The zero-order valence-electron chi connectivity index (χ0n) is 17.5. The molecule has 8 heteroatoms. The number of anilines is 3. The average Bonchev–Trinajstić information content (AvgIpc) is 2.83. The molecule has 2 heterocycles. The molecule has 4 aromatic rings. The fourth-order valence-corrected chi connectivity index (χ4v) is 4.47. The number of carbonyl (C=O) groups is 1. The zero-order valence-corrected chi connectivity index (χ0v) is 18.3. The fourth-order valence-electron chi connectivity index (χ4n) is 4.21. The van der Waals surface area contributed by atoms with Crippen LogP contribution < -0.4 is 10.6 Å². The minimum Gasteiger partial charge on any atom is -0.478 e. The highest BCUT2D eigenvalue weighted by atomic mass is 35.5. The van der Waals surface area contributed by atoms with E-state index in [0.29, 0.717) is 45.4 Å². The van der Waals surface area contributed by atoms with Gasteiger partial charge in [0.05, 0.1) is 16.6 Å². The zero-order chi connectivity index (χ0) is 23.1. The molecule has 0 saturated heterocycles. The SMILES string of the molecule is N=Cc1cc(-c2nc3ccc(C(=O)O)cc3nc2N2CCCc3c(Cl)cccc32)ccc1N. The van der Waals surface area contributed by atoms with Crippen molar-refractivity contribution in [3.05, 3.63) is 76.3 Å². The lowest BCUT2D eigenvalue weighted by Gasteiger charge is -2.32. The highest BCUT2D eigenvalue weighted by Crippen LogP contribution is 2.40. The smallest absolute Gasteiger partial charge is 0.335 e. The van der Waals surface area contributed by atoms with Crippen molar-refractivity contribution in [1.82, 2.24) is 9.97 Å².